The van der Waals surface area contributed by atoms with Crippen molar-refractivity contribution in [3.8, 4) is 0 Å². The van der Waals surface area contributed by atoms with E-state index < -0.39 is 0 Å². The lowest BCUT2D eigenvalue weighted by Gasteiger charge is -2.40. The van der Waals surface area contributed by atoms with Gasteiger partial charge in [0.25, 0.3) is 0 Å². The van der Waals surface area contributed by atoms with Gasteiger partial charge in [0.2, 0.25) is 0 Å². The van der Waals surface area contributed by atoms with Gasteiger partial charge in [0.1, 0.15) is 0 Å². The second kappa shape index (κ2) is 8.10. The van der Waals surface area contributed by atoms with Crippen molar-refractivity contribution >= 4 is 0 Å². The minimum atomic E-state index is 0.319. The normalized spacial score (nSPS) is 25.0. The van der Waals surface area contributed by atoms with Crippen LogP contribution in [0, 0.1) is 5.41 Å². The van der Waals surface area contributed by atoms with Crippen LogP contribution in [-0.4, -0.2) is 77.4 Å². The number of hydrogen-bond acceptors (Lipinski definition) is 4. The van der Waals surface area contributed by atoms with Crippen molar-refractivity contribution in [3.05, 3.63) is 0 Å². The molecule has 1 saturated heterocycles. The van der Waals surface area contributed by atoms with Crippen molar-refractivity contribution in [2.75, 3.05) is 67.6 Å². The summed E-state index contributed by atoms with van der Waals surface area (Å²) >= 11 is 0. The van der Waals surface area contributed by atoms with Crippen LogP contribution in [0.5, 0.6) is 0 Å². The number of ether oxygens (including phenoxy) is 1. The molecule has 4 heteroatoms. The van der Waals surface area contributed by atoms with Crippen molar-refractivity contribution in [3.63, 3.8) is 0 Å². The van der Waals surface area contributed by atoms with Gasteiger partial charge in [-0.05, 0) is 60.5 Å². The van der Waals surface area contributed by atoms with Crippen molar-refractivity contribution in [1.82, 2.24) is 15.1 Å². The van der Waals surface area contributed by atoms with Crippen LogP contribution in [0.2, 0.25) is 0 Å². The largest absolute Gasteiger partial charge is 0.381 e. The first kappa shape index (κ1) is 15.9. The summed E-state index contributed by atoms with van der Waals surface area (Å²) in [4.78, 5) is 4.72. The van der Waals surface area contributed by atoms with Crippen LogP contribution < -0.4 is 5.32 Å². The summed E-state index contributed by atoms with van der Waals surface area (Å²) < 4.78 is 5.71. The fourth-order valence-corrected chi connectivity index (χ4v) is 2.91. The van der Waals surface area contributed by atoms with Crippen LogP contribution in [0.3, 0.4) is 0 Å². The summed E-state index contributed by atoms with van der Waals surface area (Å²) in [6.07, 6.45) is 3.72. The maximum atomic E-state index is 5.71. The first-order valence-electron chi connectivity index (χ1n) is 7.14. The van der Waals surface area contributed by atoms with Gasteiger partial charge >= 0.3 is 0 Å². The Morgan fingerprint density at radius 3 is 2.56 bits per heavy atom. The fraction of sp³-hybridized carbons (Fsp3) is 1.00. The molecule has 1 aliphatic heterocycles. The third-order valence-corrected chi connectivity index (χ3v) is 3.71. The summed E-state index contributed by atoms with van der Waals surface area (Å²) in [5.41, 5.74) is 0.319. The van der Waals surface area contributed by atoms with E-state index in [9.17, 15) is 0 Å². The molecule has 1 atom stereocenters. The predicted octanol–water partition coefficient (Wildman–Crippen LogP) is 0.886. The number of rotatable bonds is 8. The Morgan fingerprint density at radius 1 is 1.22 bits per heavy atom. The van der Waals surface area contributed by atoms with Crippen molar-refractivity contribution in [1.29, 1.82) is 0 Å². The van der Waals surface area contributed by atoms with Crippen LogP contribution in [0.1, 0.15) is 19.3 Å². The predicted molar refractivity (Wildman–Crippen MR) is 77.1 cm³/mol. The van der Waals surface area contributed by atoms with Crippen molar-refractivity contribution in [2.24, 2.45) is 5.41 Å². The third kappa shape index (κ3) is 5.65. The molecular formula is C14H31N3O. The van der Waals surface area contributed by atoms with Crippen molar-refractivity contribution in [2.45, 2.75) is 19.3 Å². The van der Waals surface area contributed by atoms with E-state index in [4.69, 9.17) is 4.74 Å². The number of nitrogens with one attached hydrogen (secondary N) is 1. The average Bonchev–Trinajstić information content (AvgIpc) is 2.29. The molecule has 1 rings (SSSR count). The quantitative estimate of drug-likeness (QED) is 0.699. The van der Waals surface area contributed by atoms with E-state index in [0.29, 0.717) is 5.41 Å². The Bertz CT molecular complexity index is 210. The van der Waals surface area contributed by atoms with E-state index in [-0.39, 0.29) is 0 Å². The zero-order valence-corrected chi connectivity index (χ0v) is 12.7. The molecule has 1 N–H and O–H groups in total. The summed E-state index contributed by atoms with van der Waals surface area (Å²) in [5.74, 6) is 0. The minimum Gasteiger partial charge on any atom is -0.381 e. The lowest BCUT2D eigenvalue weighted by molar-refractivity contribution is -0.0220. The zero-order valence-electron chi connectivity index (χ0n) is 12.7. The molecule has 108 valence electrons. The highest BCUT2D eigenvalue weighted by atomic mass is 16.5. The van der Waals surface area contributed by atoms with E-state index in [1.165, 1.54) is 32.4 Å². The molecule has 0 aromatic heterocycles. The second-order valence-corrected chi connectivity index (χ2v) is 6.08. The highest BCUT2D eigenvalue weighted by Gasteiger charge is 2.33. The number of hydrogen-bond donors (Lipinski definition) is 1. The summed E-state index contributed by atoms with van der Waals surface area (Å²) in [6.45, 7) is 6.39. The average molecular weight is 257 g/mol. The molecule has 1 aliphatic rings. The molecule has 0 bridgehead atoms. The summed E-state index contributed by atoms with van der Waals surface area (Å²) in [6, 6.07) is 0. The molecule has 1 heterocycles. The number of nitrogens with zero attached hydrogens (tertiary/aromatic N) is 2. The van der Waals surface area contributed by atoms with Crippen LogP contribution in [0.4, 0.5) is 0 Å². The Labute approximate surface area is 113 Å². The van der Waals surface area contributed by atoms with Crippen LogP contribution in [0.15, 0.2) is 0 Å². The lowest BCUT2D eigenvalue weighted by atomic mass is 9.82. The van der Waals surface area contributed by atoms with E-state index in [1.54, 1.807) is 0 Å². The van der Waals surface area contributed by atoms with Gasteiger partial charge in [0.05, 0.1) is 6.61 Å². The van der Waals surface area contributed by atoms with E-state index >= 15 is 0 Å². The van der Waals surface area contributed by atoms with Crippen LogP contribution in [0.25, 0.3) is 0 Å². The highest BCUT2D eigenvalue weighted by Crippen LogP contribution is 2.28. The molecule has 1 unspecified atom stereocenters. The van der Waals surface area contributed by atoms with Crippen molar-refractivity contribution < 1.29 is 4.74 Å². The molecule has 0 aliphatic carbocycles. The molecule has 1 fully saturated rings. The van der Waals surface area contributed by atoms with Crippen LogP contribution in [-0.2, 0) is 4.74 Å². The molecular weight excluding hydrogens is 226 g/mol. The van der Waals surface area contributed by atoms with E-state index in [1.807, 2.05) is 7.05 Å². The smallest absolute Gasteiger partial charge is 0.0546 e. The zero-order chi connectivity index (χ0) is 13.4. The molecule has 4 nitrogen and oxygen atoms in total. The minimum absolute atomic E-state index is 0.319. The van der Waals surface area contributed by atoms with Crippen LogP contribution >= 0.6 is 0 Å². The maximum Gasteiger partial charge on any atom is 0.0546 e. The van der Waals surface area contributed by atoms with Gasteiger partial charge in [0, 0.05) is 25.1 Å². The molecule has 0 aromatic carbocycles. The standard InChI is InChI=1S/C14H31N3O/c1-15-11-14(7-5-10-18-13-14)12-17(4)9-6-8-16(2)3/h15H,5-13H2,1-4H3. The van der Waals surface area contributed by atoms with E-state index in [2.05, 4.69) is 36.3 Å². The van der Waals surface area contributed by atoms with Gasteiger partial charge in [-0.2, -0.15) is 0 Å². The fourth-order valence-electron chi connectivity index (χ4n) is 2.91. The Kier molecular flexibility index (Phi) is 7.15. The topological polar surface area (TPSA) is 27.7 Å². The Balaban J connectivity index is 2.35. The maximum absolute atomic E-state index is 5.71. The summed E-state index contributed by atoms with van der Waals surface area (Å²) in [7, 11) is 8.55. The molecule has 0 aromatic rings. The van der Waals surface area contributed by atoms with E-state index in [0.717, 1.165) is 26.3 Å². The highest BCUT2D eigenvalue weighted by molar-refractivity contribution is 4.86. The molecule has 0 spiro atoms. The Morgan fingerprint density at radius 2 is 2.00 bits per heavy atom. The molecule has 0 saturated carbocycles. The van der Waals surface area contributed by atoms with Gasteiger partial charge in [-0.15, -0.1) is 0 Å². The second-order valence-electron chi connectivity index (χ2n) is 6.08. The van der Waals surface area contributed by atoms with Gasteiger partial charge < -0.3 is 19.9 Å². The van der Waals surface area contributed by atoms with Gasteiger partial charge in [-0.3, -0.25) is 0 Å². The molecule has 0 amide bonds. The monoisotopic (exact) mass is 257 g/mol. The first-order chi connectivity index (χ1) is 8.58. The molecule has 0 radical (unpaired) electrons. The Hall–Kier alpha value is -0.160. The summed E-state index contributed by atoms with van der Waals surface area (Å²) in [5, 5.41) is 3.34. The third-order valence-electron chi connectivity index (χ3n) is 3.71. The van der Waals surface area contributed by atoms with Gasteiger partial charge in [-0.1, -0.05) is 0 Å². The molecule has 18 heavy (non-hydrogen) atoms. The van der Waals surface area contributed by atoms with Gasteiger partial charge in [-0.25, -0.2) is 0 Å². The lowest BCUT2D eigenvalue weighted by Crippen LogP contribution is -2.47. The SMILES string of the molecule is CNCC1(CN(C)CCCN(C)C)CCCOC1. The van der Waals surface area contributed by atoms with Gasteiger partial charge in [0.15, 0.2) is 0 Å². The first-order valence-corrected chi connectivity index (χ1v) is 7.14.